The smallest absolute Gasteiger partial charge is 0.377 e. The van der Waals surface area contributed by atoms with Gasteiger partial charge >= 0.3 is 15.6 Å². The normalized spacial score (nSPS) is 28.4. The molecule has 1 heterocycles. The zero-order valence-corrected chi connectivity index (χ0v) is 21.4. The van der Waals surface area contributed by atoms with Gasteiger partial charge in [0.2, 0.25) is 0 Å². The molecule has 2 fully saturated rings. The van der Waals surface area contributed by atoms with Crippen LogP contribution in [0, 0.1) is 0 Å². The van der Waals surface area contributed by atoms with Crippen LogP contribution in [0.2, 0.25) is 0 Å². The Balaban J connectivity index is 1.57. The number of alkyl halides is 3. The van der Waals surface area contributed by atoms with Crippen LogP contribution in [0.4, 0.5) is 13.2 Å². The van der Waals surface area contributed by atoms with E-state index in [0.717, 1.165) is 4.31 Å². The summed E-state index contributed by atoms with van der Waals surface area (Å²) in [7, 11) is -6.42. The summed E-state index contributed by atoms with van der Waals surface area (Å²) in [6, 6.07) is 5.48. The first-order chi connectivity index (χ1) is 16.2. The third-order valence-electron chi connectivity index (χ3n) is 6.40. The first kappa shape index (κ1) is 28.1. The second-order valence-corrected chi connectivity index (χ2v) is 12.7. The molecule has 35 heavy (non-hydrogen) atoms. The molecule has 3 atom stereocenters. The molecule has 2 aliphatic rings. The van der Waals surface area contributed by atoms with Crippen molar-refractivity contribution in [2.75, 3.05) is 20.7 Å². The molecule has 200 valence electrons. The summed E-state index contributed by atoms with van der Waals surface area (Å²) >= 11 is 0. The van der Waals surface area contributed by atoms with Gasteiger partial charge in [-0.1, -0.05) is 18.2 Å². The van der Waals surface area contributed by atoms with E-state index in [9.17, 15) is 30.0 Å². The van der Waals surface area contributed by atoms with Gasteiger partial charge in [-0.2, -0.15) is 39.0 Å². The summed E-state index contributed by atoms with van der Waals surface area (Å²) in [4.78, 5) is 0. The molecular formula is C21H32F3N3O6S2. The number of benzene rings is 1. The number of rotatable bonds is 9. The van der Waals surface area contributed by atoms with E-state index in [-0.39, 0.29) is 35.9 Å². The number of para-hydroxylation sites is 1. The lowest BCUT2D eigenvalue weighted by molar-refractivity contribution is -0.0500. The monoisotopic (exact) mass is 543 g/mol. The second kappa shape index (κ2) is 10.9. The Morgan fingerprint density at radius 2 is 1.71 bits per heavy atom. The van der Waals surface area contributed by atoms with E-state index in [2.05, 4.69) is 14.2 Å². The molecule has 9 nitrogen and oxygen atoms in total. The van der Waals surface area contributed by atoms with Gasteiger partial charge in [0.25, 0.3) is 10.2 Å². The zero-order chi connectivity index (χ0) is 26.0. The van der Waals surface area contributed by atoms with Crippen LogP contribution in [-0.2, 0) is 25.1 Å². The third kappa shape index (κ3) is 7.07. The molecule has 0 amide bonds. The Morgan fingerprint density at radius 1 is 1.09 bits per heavy atom. The number of nitrogens with one attached hydrogen (secondary N) is 2. The number of halogens is 3. The molecule has 2 N–H and O–H groups in total. The summed E-state index contributed by atoms with van der Waals surface area (Å²) in [6.07, 6.45) is 2.96. The van der Waals surface area contributed by atoms with Gasteiger partial charge in [0.15, 0.2) is 0 Å². The number of hydrogen-bond donors (Lipinski definition) is 2. The van der Waals surface area contributed by atoms with Gasteiger partial charge < -0.3 is 14.2 Å². The molecule has 1 saturated carbocycles. The SMILES string of the molecule is C[C@@H]1C[C@H](NS(=O)(=O)N(C)C)[C@H](COC2CCC(c3ccccc3OS(=O)(=O)C(F)(F)F)CC2)N1. The fourth-order valence-electron chi connectivity index (χ4n) is 4.53. The number of hydrogen-bond acceptors (Lipinski definition) is 7. The Labute approximate surface area is 204 Å². The van der Waals surface area contributed by atoms with Crippen LogP contribution in [0.1, 0.15) is 50.5 Å². The van der Waals surface area contributed by atoms with Gasteiger partial charge in [0, 0.05) is 32.2 Å². The quantitative estimate of drug-likeness (QED) is 0.363. The molecule has 14 heteroatoms. The second-order valence-electron chi connectivity index (χ2n) is 9.25. The molecule has 1 aromatic rings. The van der Waals surface area contributed by atoms with Crippen LogP contribution in [0.3, 0.4) is 0 Å². The van der Waals surface area contributed by atoms with Crippen molar-refractivity contribution < 1.29 is 38.9 Å². The molecule has 0 unspecified atom stereocenters. The lowest BCUT2D eigenvalue weighted by Crippen LogP contribution is -2.49. The largest absolute Gasteiger partial charge is 0.534 e. The molecule has 1 saturated heterocycles. The average molecular weight is 544 g/mol. The van der Waals surface area contributed by atoms with Crippen molar-refractivity contribution in [3.63, 3.8) is 0 Å². The van der Waals surface area contributed by atoms with Gasteiger partial charge in [-0.15, -0.1) is 0 Å². The van der Waals surface area contributed by atoms with Gasteiger partial charge in [0.05, 0.1) is 12.7 Å². The fourth-order valence-corrected chi connectivity index (χ4v) is 5.86. The molecule has 0 aromatic heterocycles. The van der Waals surface area contributed by atoms with Crippen molar-refractivity contribution >= 4 is 20.3 Å². The van der Waals surface area contributed by atoms with Gasteiger partial charge in [-0.3, -0.25) is 0 Å². The number of ether oxygens (including phenoxy) is 1. The van der Waals surface area contributed by atoms with Crippen molar-refractivity contribution in [1.82, 2.24) is 14.3 Å². The fraction of sp³-hybridized carbons (Fsp3) is 0.714. The maximum atomic E-state index is 12.8. The van der Waals surface area contributed by atoms with Crippen molar-refractivity contribution in [3.05, 3.63) is 29.8 Å². The molecule has 3 rings (SSSR count). The van der Waals surface area contributed by atoms with Crippen LogP contribution >= 0.6 is 0 Å². The van der Waals surface area contributed by atoms with E-state index >= 15 is 0 Å². The minimum Gasteiger partial charge on any atom is -0.377 e. The van der Waals surface area contributed by atoms with Crippen LogP contribution < -0.4 is 14.2 Å². The van der Waals surface area contributed by atoms with Crippen molar-refractivity contribution in [2.45, 2.75) is 74.7 Å². The molecule has 1 aliphatic heterocycles. The predicted octanol–water partition coefficient (Wildman–Crippen LogP) is 2.47. The van der Waals surface area contributed by atoms with E-state index in [1.165, 1.54) is 26.2 Å². The molecule has 0 bridgehead atoms. The van der Waals surface area contributed by atoms with E-state index in [1.54, 1.807) is 12.1 Å². The Morgan fingerprint density at radius 3 is 2.31 bits per heavy atom. The maximum absolute atomic E-state index is 12.8. The van der Waals surface area contributed by atoms with Crippen LogP contribution in [0.25, 0.3) is 0 Å². The minimum atomic E-state index is -5.75. The zero-order valence-electron chi connectivity index (χ0n) is 19.8. The summed E-state index contributed by atoms with van der Waals surface area (Å²) in [5.41, 5.74) is -5.08. The van der Waals surface area contributed by atoms with Crippen molar-refractivity contribution in [3.8, 4) is 5.75 Å². The van der Waals surface area contributed by atoms with E-state index in [4.69, 9.17) is 4.74 Å². The van der Waals surface area contributed by atoms with Crippen molar-refractivity contribution in [2.24, 2.45) is 0 Å². The molecule has 1 aromatic carbocycles. The van der Waals surface area contributed by atoms with Crippen LogP contribution in [-0.4, -0.2) is 71.6 Å². The summed E-state index contributed by atoms with van der Waals surface area (Å²) in [6.45, 7) is 2.28. The van der Waals surface area contributed by atoms with E-state index in [1.807, 2.05) is 6.92 Å². The molecular weight excluding hydrogens is 511 g/mol. The van der Waals surface area contributed by atoms with Gasteiger partial charge in [-0.25, -0.2) is 0 Å². The Bertz CT molecular complexity index is 1070. The minimum absolute atomic E-state index is 0.0953. The Kier molecular flexibility index (Phi) is 8.75. The van der Waals surface area contributed by atoms with Crippen LogP contribution in [0.5, 0.6) is 5.75 Å². The topological polar surface area (TPSA) is 114 Å². The molecule has 1 aliphatic carbocycles. The maximum Gasteiger partial charge on any atom is 0.534 e. The highest BCUT2D eigenvalue weighted by Gasteiger charge is 2.49. The summed E-state index contributed by atoms with van der Waals surface area (Å²) in [5.74, 6) is -0.479. The lowest BCUT2D eigenvalue weighted by atomic mass is 9.82. The highest BCUT2D eigenvalue weighted by molar-refractivity contribution is 7.88. The molecule has 0 spiro atoms. The first-order valence-corrected chi connectivity index (χ1v) is 14.2. The third-order valence-corrected chi connectivity index (χ3v) is 8.93. The predicted molar refractivity (Wildman–Crippen MR) is 124 cm³/mol. The average Bonchev–Trinajstić information content (AvgIpc) is 3.10. The van der Waals surface area contributed by atoms with Crippen LogP contribution in [0.15, 0.2) is 24.3 Å². The standard InChI is InChI=1S/C21H32F3N3O6S2/c1-14-12-18(26-35(30,31)27(2)3)19(25-14)13-32-16-10-8-15(9-11-16)17-6-4-5-7-20(17)33-34(28,29)21(22,23)24/h4-7,14-16,18-19,25-26H,8-13H2,1-3H3/t14-,15?,16?,18+,19+/m1/s1. The highest BCUT2D eigenvalue weighted by Crippen LogP contribution is 2.40. The lowest BCUT2D eigenvalue weighted by Gasteiger charge is -2.31. The highest BCUT2D eigenvalue weighted by atomic mass is 32.2. The summed E-state index contributed by atoms with van der Waals surface area (Å²) < 4.78 is 100.0. The first-order valence-electron chi connectivity index (χ1n) is 11.4. The summed E-state index contributed by atoms with van der Waals surface area (Å²) in [5, 5.41) is 3.35. The van der Waals surface area contributed by atoms with Gasteiger partial charge in [0.1, 0.15) is 5.75 Å². The van der Waals surface area contributed by atoms with E-state index in [0.29, 0.717) is 44.3 Å². The molecule has 0 radical (unpaired) electrons. The van der Waals surface area contributed by atoms with Crippen molar-refractivity contribution in [1.29, 1.82) is 0 Å². The number of nitrogens with zero attached hydrogens (tertiary/aromatic N) is 1. The Hall–Kier alpha value is -1.45. The van der Waals surface area contributed by atoms with Gasteiger partial charge in [-0.05, 0) is 56.6 Å². The van der Waals surface area contributed by atoms with E-state index < -0.39 is 25.8 Å².